The lowest BCUT2D eigenvalue weighted by Crippen LogP contribution is -2.20. The summed E-state index contributed by atoms with van der Waals surface area (Å²) >= 11 is 2.74. The van der Waals surface area contributed by atoms with Gasteiger partial charge in [-0.05, 0) is 12.5 Å². The largest absolute Gasteiger partial charge is 0.476 e. The smallest absolute Gasteiger partial charge is 0.355 e. The molecule has 0 aliphatic heterocycles. The van der Waals surface area contributed by atoms with Crippen molar-refractivity contribution >= 4 is 38.9 Å². The zero-order valence-corrected chi connectivity index (χ0v) is 12.7. The Morgan fingerprint density at radius 3 is 2.95 bits per heavy atom. The van der Waals surface area contributed by atoms with Crippen LogP contribution in [0.15, 0.2) is 22.6 Å². The lowest BCUT2D eigenvalue weighted by Gasteiger charge is -2.01. The summed E-state index contributed by atoms with van der Waals surface area (Å²) < 4.78 is 1.46. The first-order valence-corrected chi connectivity index (χ1v) is 7.93. The third-order valence-electron chi connectivity index (χ3n) is 2.99. The highest BCUT2D eigenvalue weighted by Crippen LogP contribution is 2.21. The van der Waals surface area contributed by atoms with Gasteiger partial charge in [-0.25, -0.2) is 14.8 Å². The fraction of sp³-hybridized carbons (Fsp3) is 0.231. The molecule has 3 heterocycles. The molecule has 0 aromatic carbocycles. The van der Waals surface area contributed by atoms with Crippen LogP contribution in [0.4, 0.5) is 0 Å². The zero-order valence-electron chi connectivity index (χ0n) is 11.1. The number of aromatic nitrogens is 3. The van der Waals surface area contributed by atoms with Crippen LogP contribution in [0.2, 0.25) is 0 Å². The molecule has 1 N–H and O–H groups in total. The van der Waals surface area contributed by atoms with Gasteiger partial charge in [0.25, 0.3) is 5.56 Å². The van der Waals surface area contributed by atoms with Crippen molar-refractivity contribution in [2.24, 2.45) is 0 Å². The van der Waals surface area contributed by atoms with Crippen LogP contribution >= 0.6 is 22.7 Å². The van der Waals surface area contributed by atoms with Gasteiger partial charge in [0.2, 0.25) is 0 Å². The van der Waals surface area contributed by atoms with E-state index in [0.717, 1.165) is 16.1 Å². The first-order chi connectivity index (χ1) is 10.1. The summed E-state index contributed by atoms with van der Waals surface area (Å²) in [5.74, 6) is -1.07. The van der Waals surface area contributed by atoms with Crippen molar-refractivity contribution in [3.8, 4) is 0 Å². The number of aromatic carboxylic acids is 1. The van der Waals surface area contributed by atoms with Crippen molar-refractivity contribution in [1.29, 1.82) is 0 Å². The number of hydrogen-bond donors (Lipinski definition) is 1. The minimum absolute atomic E-state index is 0.000823. The van der Waals surface area contributed by atoms with Gasteiger partial charge in [-0.15, -0.1) is 22.7 Å². The van der Waals surface area contributed by atoms with Crippen LogP contribution in [0.1, 0.15) is 27.3 Å². The van der Waals surface area contributed by atoms with Crippen molar-refractivity contribution in [2.75, 3.05) is 0 Å². The third-order valence-corrected chi connectivity index (χ3v) is 5.02. The molecule has 0 atom stereocenters. The van der Waals surface area contributed by atoms with E-state index in [1.807, 2.05) is 13.0 Å². The number of fused-ring (bicyclic) bond motifs is 1. The molecule has 0 fully saturated rings. The van der Waals surface area contributed by atoms with Crippen molar-refractivity contribution in [3.63, 3.8) is 0 Å². The first-order valence-electron chi connectivity index (χ1n) is 6.24. The van der Waals surface area contributed by atoms with Crippen molar-refractivity contribution < 1.29 is 9.90 Å². The molecule has 3 rings (SSSR count). The predicted molar refractivity (Wildman–Crippen MR) is 81.4 cm³/mol. The standard InChI is InChI=1S/C13H11N3O3S2/c1-2-7-3-8-11(21-7)14-6-16(12(8)17)4-10-15-9(5-20-10)13(18)19/h3,5-6H,2,4H2,1H3,(H,18,19). The van der Waals surface area contributed by atoms with E-state index in [0.29, 0.717) is 10.4 Å². The van der Waals surface area contributed by atoms with Gasteiger partial charge in [0, 0.05) is 10.3 Å². The van der Waals surface area contributed by atoms with E-state index in [1.165, 1.54) is 38.9 Å². The van der Waals surface area contributed by atoms with E-state index in [9.17, 15) is 9.59 Å². The molecule has 108 valence electrons. The molecule has 0 unspecified atom stereocenters. The fourth-order valence-electron chi connectivity index (χ4n) is 1.92. The number of thiophene rings is 1. The van der Waals surface area contributed by atoms with Gasteiger partial charge in [-0.2, -0.15) is 0 Å². The lowest BCUT2D eigenvalue weighted by molar-refractivity contribution is 0.0691. The van der Waals surface area contributed by atoms with Gasteiger partial charge in [-0.3, -0.25) is 9.36 Å². The Morgan fingerprint density at radius 1 is 1.48 bits per heavy atom. The molecule has 21 heavy (non-hydrogen) atoms. The summed E-state index contributed by atoms with van der Waals surface area (Å²) in [5.41, 5.74) is -0.121. The second-order valence-corrected chi connectivity index (χ2v) is 6.45. The summed E-state index contributed by atoms with van der Waals surface area (Å²) in [7, 11) is 0. The predicted octanol–water partition coefficient (Wildman–Crippen LogP) is 2.22. The van der Waals surface area contributed by atoms with Crippen molar-refractivity contribution in [2.45, 2.75) is 19.9 Å². The maximum atomic E-state index is 12.4. The van der Waals surface area contributed by atoms with E-state index in [4.69, 9.17) is 5.11 Å². The highest BCUT2D eigenvalue weighted by atomic mass is 32.1. The van der Waals surface area contributed by atoms with Gasteiger partial charge < -0.3 is 5.11 Å². The van der Waals surface area contributed by atoms with E-state index in [1.54, 1.807) is 0 Å². The average molecular weight is 321 g/mol. The third kappa shape index (κ3) is 2.59. The molecule has 0 radical (unpaired) electrons. The van der Waals surface area contributed by atoms with Crippen LogP contribution in [-0.4, -0.2) is 25.6 Å². The number of thiazole rings is 1. The number of hydrogen-bond acceptors (Lipinski definition) is 6. The summed E-state index contributed by atoms with van der Waals surface area (Å²) in [6, 6.07) is 1.87. The van der Waals surface area contributed by atoms with Gasteiger partial charge in [0.05, 0.1) is 18.3 Å². The quantitative estimate of drug-likeness (QED) is 0.796. The highest BCUT2D eigenvalue weighted by molar-refractivity contribution is 7.18. The van der Waals surface area contributed by atoms with Crippen LogP contribution in [0.5, 0.6) is 0 Å². The Kier molecular flexibility index (Phi) is 3.56. The Hall–Kier alpha value is -2.06. The summed E-state index contributed by atoms with van der Waals surface area (Å²) in [6.07, 6.45) is 2.36. The molecule has 3 aromatic rings. The first kappa shape index (κ1) is 13.9. The SMILES string of the molecule is CCc1cc2c(=O)n(Cc3nc(C(=O)O)cs3)cnc2s1. The molecule has 3 aromatic heterocycles. The normalized spacial score (nSPS) is 11.1. The Bertz CT molecular complexity index is 878. The topological polar surface area (TPSA) is 85.1 Å². The second kappa shape index (κ2) is 5.38. The molecule has 0 saturated heterocycles. The van der Waals surface area contributed by atoms with Crippen molar-refractivity contribution in [3.05, 3.63) is 43.7 Å². The molecule has 0 spiro atoms. The average Bonchev–Trinajstić information content (AvgIpc) is 3.08. The highest BCUT2D eigenvalue weighted by Gasteiger charge is 2.12. The van der Waals surface area contributed by atoms with E-state index < -0.39 is 5.97 Å². The van der Waals surface area contributed by atoms with Crippen molar-refractivity contribution in [1.82, 2.24) is 14.5 Å². The molecule has 0 aliphatic carbocycles. The number of carbonyl (C=O) groups is 1. The van der Waals surface area contributed by atoms with Crippen LogP contribution in [0.25, 0.3) is 10.2 Å². The Labute approximate surface area is 127 Å². The minimum Gasteiger partial charge on any atom is -0.476 e. The number of nitrogens with zero attached hydrogens (tertiary/aromatic N) is 3. The number of carboxylic acid groups (broad SMARTS) is 1. The van der Waals surface area contributed by atoms with Gasteiger partial charge in [0.15, 0.2) is 5.69 Å². The van der Waals surface area contributed by atoms with E-state index in [-0.39, 0.29) is 17.8 Å². The van der Waals surface area contributed by atoms with Crippen LogP contribution in [-0.2, 0) is 13.0 Å². The zero-order chi connectivity index (χ0) is 15.0. The lowest BCUT2D eigenvalue weighted by atomic mass is 10.3. The van der Waals surface area contributed by atoms with Crippen LogP contribution in [0.3, 0.4) is 0 Å². The minimum atomic E-state index is -1.07. The number of carboxylic acids is 1. The number of aryl methyl sites for hydroxylation is 1. The van der Waals surface area contributed by atoms with E-state index in [2.05, 4.69) is 9.97 Å². The second-order valence-electron chi connectivity index (χ2n) is 4.39. The van der Waals surface area contributed by atoms with Gasteiger partial charge in [0.1, 0.15) is 9.84 Å². The molecule has 0 aliphatic rings. The maximum absolute atomic E-state index is 12.4. The molecule has 0 amide bonds. The van der Waals surface area contributed by atoms with Gasteiger partial charge in [-0.1, -0.05) is 6.92 Å². The molecular weight excluding hydrogens is 310 g/mol. The number of rotatable bonds is 4. The summed E-state index contributed by atoms with van der Waals surface area (Å²) in [6.45, 7) is 2.27. The summed E-state index contributed by atoms with van der Waals surface area (Å²) in [4.78, 5) is 33.3. The Morgan fingerprint density at radius 2 is 2.29 bits per heavy atom. The van der Waals surface area contributed by atoms with Crippen LogP contribution in [0, 0.1) is 0 Å². The summed E-state index contributed by atoms with van der Waals surface area (Å²) in [5, 5.41) is 11.5. The van der Waals surface area contributed by atoms with Gasteiger partial charge >= 0.3 is 5.97 Å². The van der Waals surface area contributed by atoms with Crippen LogP contribution < -0.4 is 5.56 Å². The van der Waals surface area contributed by atoms with E-state index >= 15 is 0 Å². The monoisotopic (exact) mass is 321 g/mol. The maximum Gasteiger partial charge on any atom is 0.355 e. The molecular formula is C13H11N3O3S2. The Balaban J connectivity index is 1.98. The molecule has 0 saturated carbocycles. The fourth-order valence-corrected chi connectivity index (χ4v) is 3.62. The molecule has 8 heteroatoms. The molecule has 6 nitrogen and oxygen atoms in total. The molecule has 0 bridgehead atoms.